The molecule has 0 aromatic carbocycles. The second kappa shape index (κ2) is 5.27. The number of hydrogen-bond donors (Lipinski definition) is 1. The van der Waals surface area contributed by atoms with E-state index in [2.05, 4.69) is 11.8 Å². The second-order valence-electron chi connectivity index (χ2n) is 4.40. The van der Waals surface area contributed by atoms with Gasteiger partial charge in [-0.15, -0.1) is 0 Å². The molecule has 1 aliphatic rings. The number of likely N-dealkylation sites (tertiary alicyclic amines) is 1. The Balaban J connectivity index is 2.37. The zero-order valence-electron chi connectivity index (χ0n) is 9.22. The van der Waals surface area contributed by atoms with Crippen LogP contribution in [-0.2, 0) is 9.84 Å². The molecule has 0 bridgehead atoms. The molecule has 1 fully saturated rings. The minimum Gasteiger partial charge on any atom is -0.393 e. The van der Waals surface area contributed by atoms with Gasteiger partial charge in [0.15, 0.2) is 0 Å². The lowest BCUT2D eigenvalue weighted by atomic mass is 9.93. The van der Waals surface area contributed by atoms with Gasteiger partial charge in [-0.2, -0.15) is 0 Å². The zero-order valence-corrected chi connectivity index (χ0v) is 10.0. The van der Waals surface area contributed by atoms with Crippen LogP contribution in [0.15, 0.2) is 0 Å². The second-order valence-corrected chi connectivity index (χ2v) is 6.66. The van der Waals surface area contributed by atoms with Gasteiger partial charge in [-0.05, 0) is 32.2 Å². The standard InChI is InChI=1S/C10H20NO3S/c1-9(12)10-4-3-5-11(8-10)6-7-15(2,13)14/h9-10,12H,1,3-8H2,2H3. The number of hydrogen-bond acceptors (Lipinski definition) is 4. The van der Waals surface area contributed by atoms with E-state index >= 15 is 0 Å². The van der Waals surface area contributed by atoms with Gasteiger partial charge >= 0.3 is 0 Å². The molecule has 1 saturated heterocycles. The Bertz CT molecular complexity index is 287. The van der Waals surface area contributed by atoms with Crippen LogP contribution in [0.25, 0.3) is 0 Å². The summed E-state index contributed by atoms with van der Waals surface area (Å²) >= 11 is 0. The number of piperidine rings is 1. The minimum absolute atomic E-state index is 0.193. The first-order valence-electron chi connectivity index (χ1n) is 5.30. The number of nitrogens with zero attached hydrogens (tertiary/aromatic N) is 1. The average molecular weight is 234 g/mol. The van der Waals surface area contributed by atoms with E-state index in [1.54, 1.807) is 0 Å². The van der Waals surface area contributed by atoms with Gasteiger partial charge in [-0.1, -0.05) is 0 Å². The normalized spacial score (nSPS) is 26.5. The maximum atomic E-state index is 11.0. The lowest BCUT2D eigenvalue weighted by Gasteiger charge is -2.33. The first-order valence-corrected chi connectivity index (χ1v) is 7.36. The molecule has 5 heteroatoms. The highest BCUT2D eigenvalue weighted by atomic mass is 32.2. The van der Waals surface area contributed by atoms with Crippen molar-refractivity contribution in [2.24, 2.45) is 5.92 Å². The lowest BCUT2D eigenvalue weighted by Crippen LogP contribution is -2.41. The van der Waals surface area contributed by atoms with Crippen LogP contribution in [0.4, 0.5) is 0 Å². The minimum atomic E-state index is -2.88. The third-order valence-electron chi connectivity index (χ3n) is 2.86. The van der Waals surface area contributed by atoms with Gasteiger partial charge in [0.05, 0.1) is 11.9 Å². The molecule has 4 nitrogen and oxygen atoms in total. The molecule has 0 aromatic rings. The zero-order chi connectivity index (χ0) is 11.5. The third-order valence-corrected chi connectivity index (χ3v) is 3.79. The van der Waals surface area contributed by atoms with Crippen molar-refractivity contribution in [3.63, 3.8) is 0 Å². The molecule has 1 N–H and O–H groups in total. The number of sulfone groups is 1. The molecule has 1 heterocycles. The van der Waals surface area contributed by atoms with Crippen LogP contribution in [0, 0.1) is 12.8 Å². The summed E-state index contributed by atoms with van der Waals surface area (Å²) in [7, 11) is -2.88. The Hall–Kier alpha value is -0.130. The van der Waals surface area contributed by atoms with Crippen LogP contribution in [0.3, 0.4) is 0 Å². The van der Waals surface area contributed by atoms with Crippen molar-refractivity contribution in [2.45, 2.75) is 18.9 Å². The van der Waals surface area contributed by atoms with Gasteiger partial charge in [0.2, 0.25) is 0 Å². The lowest BCUT2D eigenvalue weighted by molar-refractivity contribution is 0.0811. The van der Waals surface area contributed by atoms with E-state index < -0.39 is 15.9 Å². The van der Waals surface area contributed by atoms with Crippen molar-refractivity contribution < 1.29 is 13.5 Å². The predicted molar refractivity (Wildman–Crippen MR) is 60.2 cm³/mol. The van der Waals surface area contributed by atoms with Crippen molar-refractivity contribution in [1.29, 1.82) is 0 Å². The maximum Gasteiger partial charge on any atom is 0.148 e. The average Bonchev–Trinajstić information content (AvgIpc) is 2.14. The van der Waals surface area contributed by atoms with E-state index in [4.69, 9.17) is 0 Å². The van der Waals surface area contributed by atoms with Crippen LogP contribution in [-0.4, -0.2) is 56.2 Å². The molecule has 0 saturated carbocycles. The summed E-state index contributed by atoms with van der Waals surface area (Å²) < 4.78 is 22.0. The Morgan fingerprint density at radius 3 is 2.80 bits per heavy atom. The molecule has 2 atom stereocenters. The highest BCUT2D eigenvalue weighted by Crippen LogP contribution is 2.19. The highest BCUT2D eigenvalue weighted by Gasteiger charge is 2.23. The molecular weight excluding hydrogens is 214 g/mol. The van der Waals surface area contributed by atoms with Crippen molar-refractivity contribution in [3.8, 4) is 0 Å². The van der Waals surface area contributed by atoms with E-state index in [0.717, 1.165) is 25.9 Å². The molecule has 0 aromatic heterocycles. The van der Waals surface area contributed by atoms with E-state index in [1.807, 2.05) is 0 Å². The Kier molecular flexibility index (Phi) is 4.55. The smallest absolute Gasteiger partial charge is 0.148 e. The quantitative estimate of drug-likeness (QED) is 0.740. The van der Waals surface area contributed by atoms with Crippen molar-refractivity contribution in [1.82, 2.24) is 4.90 Å². The van der Waals surface area contributed by atoms with Gasteiger partial charge in [-0.3, -0.25) is 0 Å². The fraction of sp³-hybridized carbons (Fsp3) is 0.900. The van der Waals surface area contributed by atoms with Gasteiger partial charge in [0.1, 0.15) is 9.84 Å². The van der Waals surface area contributed by atoms with Crippen LogP contribution in [0.5, 0.6) is 0 Å². The number of aliphatic hydroxyl groups is 1. The van der Waals surface area contributed by atoms with E-state index in [-0.39, 0.29) is 11.7 Å². The molecule has 0 amide bonds. The third kappa shape index (κ3) is 4.95. The molecule has 89 valence electrons. The van der Waals surface area contributed by atoms with Gasteiger partial charge in [0.25, 0.3) is 0 Å². The molecule has 0 aliphatic carbocycles. The SMILES string of the molecule is [CH2]C(O)C1CCCN(CCS(C)(=O)=O)C1. The Morgan fingerprint density at radius 1 is 1.60 bits per heavy atom. The van der Waals surface area contributed by atoms with Gasteiger partial charge in [-0.25, -0.2) is 8.42 Å². The highest BCUT2D eigenvalue weighted by molar-refractivity contribution is 7.90. The van der Waals surface area contributed by atoms with E-state index in [9.17, 15) is 13.5 Å². The number of aliphatic hydroxyl groups excluding tert-OH is 1. The molecule has 15 heavy (non-hydrogen) atoms. The molecule has 2 unspecified atom stereocenters. The van der Waals surface area contributed by atoms with Crippen molar-refractivity contribution >= 4 is 9.84 Å². The molecule has 0 spiro atoms. The molecule has 1 rings (SSSR count). The van der Waals surface area contributed by atoms with Crippen LogP contribution < -0.4 is 0 Å². The van der Waals surface area contributed by atoms with E-state index in [0.29, 0.717) is 6.54 Å². The van der Waals surface area contributed by atoms with Gasteiger partial charge < -0.3 is 10.0 Å². The topological polar surface area (TPSA) is 57.6 Å². The summed E-state index contributed by atoms with van der Waals surface area (Å²) in [5.74, 6) is 0.394. The monoisotopic (exact) mass is 234 g/mol. The maximum absolute atomic E-state index is 11.0. The Morgan fingerprint density at radius 2 is 2.27 bits per heavy atom. The summed E-state index contributed by atoms with van der Waals surface area (Å²) in [5.41, 5.74) is 0. The summed E-state index contributed by atoms with van der Waals surface area (Å²) in [5, 5.41) is 9.37. The largest absolute Gasteiger partial charge is 0.393 e. The molecule has 1 radical (unpaired) electrons. The first-order chi connectivity index (χ1) is 6.88. The first kappa shape index (κ1) is 12.9. The van der Waals surface area contributed by atoms with Crippen molar-refractivity contribution in [3.05, 3.63) is 6.92 Å². The predicted octanol–water partition coefficient (Wildman–Crippen LogP) is -0.0620. The fourth-order valence-corrected chi connectivity index (χ4v) is 2.49. The Labute approximate surface area is 92.2 Å². The molecule has 1 aliphatic heterocycles. The van der Waals surface area contributed by atoms with E-state index in [1.165, 1.54) is 6.26 Å². The molecular formula is C10H20NO3S. The van der Waals surface area contributed by atoms with Gasteiger partial charge in [0, 0.05) is 19.3 Å². The van der Waals surface area contributed by atoms with Crippen LogP contribution in [0.2, 0.25) is 0 Å². The number of rotatable bonds is 4. The summed E-state index contributed by atoms with van der Waals surface area (Å²) in [6.07, 6.45) is 2.72. The fourth-order valence-electron chi connectivity index (χ4n) is 1.90. The van der Waals surface area contributed by atoms with Crippen LogP contribution >= 0.6 is 0 Å². The van der Waals surface area contributed by atoms with Crippen LogP contribution in [0.1, 0.15) is 12.8 Å². The summed E-state index contributed by atoms with van der Waals surface area (Å²) in [6.45, 7) is 5.88. The van der Waals surface area contributed by atoms with Crippen molar-refractivity contribution in [2.75, 3.05) is 31.6 Å². The summed E-state index contributed by atoms with van der Waals surface area (Å²) in [6, 6.07) is 0. The summed E-state index contributed by atoms with van der Waals surface area (Å²) in [4.78, 5) is 2.10.